The van der Waals surface area contributed by atoms with Crippen LogP contribution < -0.4 is 11.1 Å². The van der Waals surface area contributed by atoms with E-state index in [0.29, 0.717) is 5.92 Å². The summed E-state index contributed by atoms with van der Waals surface area (Å²) in [5.41, 5.74) is 6.54. The number of amides is 1. The van der Waals surface area contributed by atoms with Gasteiger partial charge in [0.2, 0.25) is 0 Å². The number of anilines is 1. The molecule has 4 heteroatoms. The van der Waals surface area contributed by atoms with Crippen molar-refractivity contribution in [1.82, 2.24) is 4.98 Å². The molecule has 1 aromatic heterocycles. The Morgan fingerprint density at radius 2 is 2.18 bits per heavy atom. The van der Waals surface area contributed by atoms with Crippen LogP contribution in [0.15, 0.2) is 18.3 Å². The predicted molar refractivity (Wildman–Crippen MR) is 69.9 cm³/mol. The van der Waals surface area contributed by atoms with Gasteiger partial charge in [0.15, 0.2) is 0 Å². The molecule has 4 nitrogen and oxygen atoms in total. The first-order valence-corrected chi connectivity index (χ1v) is 5.82. The van der Waals surface area contributed by atoms with Gasteiger partial charge in [0, 0.05) is 18.4 Å². The lowest BCUT2D eigenvalue weighted by Gasteiger charge is -2.29. The summed E-state index contributed by atoms with van der Waals surface area (Å²) in [7, 11) is 0. The topological polar surface area (TPSA) is 68.0 Å². The van der Waals surface area contributed by atoms with Gasteiger partial charge in [-0.1, -0.05) is 27.7 Å². The van der Waals surface area contributed by atoms with Crippen molar-refractivity contribution >= 4 is 11.6 Å². The predicted octanol–water partition coefficient (Wildman–Crippen LogP) is 2.27. The zero-order valence-electron chi connectivity index (χ0n) is 10.9. The smallest absolute Gasteiger partial charge is 0.267 e. The van der Waals surface area contributed by atoms with Crippen LogP contribution >= 0.6 is 0 Å². The number of pyridine rings is 1. The lowest BCUT2D eigenvalue weighted by Crippen LogP contribution is -2.28. The van der Waals surface area contributed by atoms with E-state index < -0.39 is 5.91 Å². The summed E-state index contributed by atoms with van der Waals surface area (Å²) in [6, 6.07) is 3.52. The molecule has 1 aromatic rings. The van der Waals surface area contributed by atoms with E-state index in [2.05, 4.69) is 38.0 Å². The Kier molecular flexibility index (Phi) is 4.10. The first-order valence-electron chi connectivity index (χ1n) is 5.82. The Labute approximate surface area is 103 Å². The third kappa shape index (κ3) is 3.73. The maximum absolute atomic E-state index is 11.0. The summed E-state index contributed by atoms with van der Waals surface area (Å²) in [4.78, 5) is 14.9. The fourth-order valence-electron chi connectivity index (χ4n) is 1.21. The van der Waals surface area contributed by atoms with Crippen molar-refractivity contribution in [2.45, 2.75) is 27.7 Å². The summed E-state index contributed by atoms with van der Waals surface area (Å²) in [5, 5.41) is 3.31. The summed E-state index contributed by atoms with van der Waals surface area (Å²) < 4.78 is 0. The Morgan fingerprint density at radius 1 is 1.53 bits per heavy atom. The van der Waals surface area contributed by atoms with E-state index >= 15 is 0 Å². The highest BCUT2D eigenvalue weighted by Gasteiger charge is 2.21. The fraction of sp³-hybridized carbons (Fsp3) is 0.538. The number of aromatic nitrogens is 1. The number of carbonyl (C=O) groups excluding carboxylic acids is 1. The number of nitrogens with one attached hydrogen (secondary N) is 1. The molecular formula is C13H21N3O. The van der Waals surface area contributed by atoms with Crippen LogP contribution in [0, 0.1) is 11.3 Å². The molecular weight excluding hydrogens is 214 g/mol. The largest absolute Gasteiger partial charge is 0.384 e. The Hall–Kier alpha value is -1.58. The summed E-state index contributed by atoms with van der Waals surface area (Å²) in [6.45, 7) is 9.65. The number of primary amides is 1. The van der Waals surface area contributed by atoms with E-state index in [4.69, 9.17) is 5.73 Å². The van der Waals surface area contributed by atoms with Crippen LogP contribution in [0.2, 0.25) is 0 Å². The van der Waals surface area contributed by atoms with Gasteiger partial charge in [-0.15, -0.1) is 0 Å². The van der Waals surface area contributed by atoms with Crippen LogP contribution in [0.4, 0.5) is 5.69 Å². The third-order valence-corrected chi connectivity index (χ3v) is 3.32. The molecule has 0 fully saturated rings. The second-order valence-corrected chi connectivity index (χ2v) is 5.29. The van der Waals surface area contributed by atoms with Crippen molar-refractivity contribution in [3.8, 4) is 0 Å². The average molecular weight is 235 g/mol. The lowest BCUT2D eigenvalue weighted by atomic mass is 9.81. The lowest BCUT2D eigenvalue weighted by molar-refractivity contribution is 0.0995. The maximum atomic E-state index is 11.0. The average Bonchev–Trinajstić information content (AvgIpc) is 2.26. The van der Waals surface area contributed by atoms with Gasteiger partial charge in [-0.2, -0.15) is 0 Å². The van der Waals surface area contributed by atoms with Gasteiger partial charge in [0.25, 0.3) is 5.91 Å². The summed E-state index contributed by atoms with van der Waals surface area (Å²) in [5.74, 6) is 0.0733. The first kappa shape index (κ1) is 13.5. The Bertz CT molecular complexity index is 399. The standard InChI is InChI=1S/C13H21N3O/c1-9(2)13(3,4)8-16-10-5-6-15-11(7-10)12(14)17/h5-7,9H,8H2,1-4H3,(H2,14,17)(H,15,16). The van der Waals surface area contributed by atoms with Crippen LogP contribution in [-0.4, -0.2) is 17.4 Å². The van der Waals surface area contributed by atoms with Gasteiger partial charge in [-0.25, -0.2) is 0 Å². The quantitative estimate of drug-likeness (QED) is 0.822. The summed E-state index contributed by atoms with van der Waals surface area (Å²) >= 11 is 0. The zero-order chi connectivity index (χ0) is 13.1. The van der Waals surface area contributed by atoms with Crippen molar-refractivity contribution in [2.75, 3.05) is 11.9 Å². The molecule has 0 radical (unpaired) electrons. The Morgan fingerprint density at radius 3 is 2.71 bits per heavy atom. The SMILES string of the molecule is CC(C)C(C)(C)CNc1ccnc(C(N)=O)c1. The highest BCUT2D eigenvalue weighted by Crippen LogP contribution is 2.26. The minimum absolute atomic E-state index is 0.191. The van der Waals surface area contributed by atoms with Gasteiger partial charge >= 0.3 is 0 Å². The highest BCUT2D eigenvalue weighted by atomic mass is 16.1. The molecule has 94 valence electrons. The highest BCUT2D eigenvalue weighted by molar-refractivity contribution is 5.91. The number of rotatable bonds is 5. The van der Waals surface area contributed by atoms with Crippen molar-refractivity contribution in [1.29, 1.82) is 0 Å². The minimum atomic E-state index is -0.503. The van der Waals surface area contributed by atoms with Crippen molar-refractivity contribution in [3.05, 3.63) is 24.0 Å². The molecule has 0 aliphatic rings. The molecule has 0 unspecified atom stereocenters. The van der Waals surface area contributed by atoms with E-state index in [1.165, 1.54) is 0 Å². The maximum Gasteiger partial charge on any atom is 0.267 e. The molecule has 0 aromatic carbocycles. The Balaban J connectivity index is 2.70. The van der Waals surface area contributed by atoms with E-state index in [9.17, 15) is 4.79 Å². The van der Waals surface area contributed by atoms with E-state index in [1.54, 1.807) is 12.3 Å². The molecule has 0 saturated heterocycles. The van der Waals surface area contributed by atoms with E-state index in [0.717, 1.165) is 12.2 Å². The number of hydrogen-bond donors (Lipinski definition) is 2. The molecule has 1 heterocycles. The molecule has 3 N–H and O–H groups in total. The van der Waals surface area contributed by atoms with Crippen molar-refractivity contribution in [3.63, 3.8) is 0 Å². The molecule has 0 aliphatic carbocycles. The molecule has 0 atom stereocenters. The van der Waals surface area contributed by atoms with Gasteiger partial charge in [0.1, 0.15) is 5.69 Å². The molecule has 1 rings (SSSR count). The van der Waals surface area contributed by atoms with Crippen LogP contribution in [0.3, 0.4) is 0 Å². The monoisotopic (exact) mass is 235 g/mol. The first-order chi connectivity index (χ1) is 7.83. The van der Waals surface area contributed by atoms with Crippen LogP contribution in [0.5, 0.6) is 0 Å². The van der Waals surface area contributed by atoms with Crippen molar-refractivity contribution < 1.29 is 4.79 Å². The molecule has 1 amide bonds. The zero-order valence-corrected chi connectivity index (χ0v) is 10.9. The van der Waals surface area contributed by atoms with Gasteiger partial charge in [-0.05, 0) is 23.5 Å². The van der Waals surface area contributed by atoms with Gasteiger partial charge in [-0.3, -0.25) is 9.78 Å². The molecule has 0 saturated carbocycles. The molecule has 17 heavy (non-hydrogen) atoms. The van der Waals surface area contributed by atoms with Crippen LogP contribution in [-0.2, 0) is 0 Å². The van der Waals surface area contributed by atoms with E-state index in [1.807, 2.05) is 6.07 Å². The second-order valence-electron chi connectivity index (χ2n) is 5.29. The molecule has 0 spiro atoms. The summed E-state index contributed by atoms with van der Waals surface area (Å²) in [6.07, 6.45) is 1.59. The third-order valence-electron chi connectivity index (χ3n) is 3.32. The number of hydrogen-bond acceptors (Lipinski definition) is 3. The van der Waals surface area contributed by atoms with Crippen LogP contribution in [0.25, 0.3) is 0 Å². The number of nitrogens with zero attached hydrogens (tertiary/aromatic N) is 1. The van der Waals surface area contributed by atoms with Gasteiger partial charge in [0.05, 0.1) is 0 Å². The molecule has 0 aliphatic heterocycles. The number of nitrogens with two attached hydrogens (primary N) is 1. The van der Waals surface area contributed by atoms with Crippen molar-refractivity contribution in [2.24, 2.45) is 17.1 Å². The second kappa shape index (κ2) is 5.17. The number of carbonyl (C=O) groups is 1. The fourth-order valence-corrected chi connectivity index (χ4v) is 1.21. The normalized spacial score (nSPS) is 11.6. The molecule has 0 bridgehead atoms. The van der Waals surface area contributed by atoms with Crippen LogP contribution in [0.1, 0.15) is 38.2 Å². The minimum Gasteiger partial charge on any atom is -0.384 e. The van der Waals surface area contributed by atoms with Gasteiger partial charge < -0.3 is 11.1 Å². The van der Waals surface area contributed by atoms with E-state index in [-0.39, 0.29) is 11.1 Å².